The number of unbranched alkanes of at least 4 members (excludes halogenated alkanes) is 1. The molecule has 0 atom stereocenters. The van der Waals surface area contributed by atoms with Crippen molar-refractivity contribution in [3.8, 4) is 17.6 Å². The first-order chi connectivity index (χ1) is 24.4. The van der Waals surface area contributed by atoms with E-state index in [1.54, 1.807) is 36.4 Å². The topological polar surface area (TPSA) is 162 Å². The molecule has 12 nitrogen and oxygen atoms in total. The maximum Gasteiger partial charge on any atom is 0.227 e. The summed E-state index contributed by atoms with van der Waals surface area (Å²) in [6.45, 7) is 9.03. The highest BCUT2D eigenvalue weighted by atomic mass is 16.5. The lowest BCUT2D eigenvalue weighted by Gasteiger charge is -2.10. The molecule has 250 valence electrons. The van der Waals surface area contributed by atoms with Gasteiger partial charge in [-0.15, -0.1) is 0 Å². The number of amides is 2. The number of hydrogen-bond donors (Lipinski definition) is 4. The van der Waals surface area contributed by atoms with Gasteiger partial charge in [0.2, 0.25) is 11.8 Å². The van der Waals surface area contributed by atoms with E-state index in [1.807, 2.05) is 48.5 Å². The van der Waals surface area contributed by atoms with E-state index >= 15 is 0 Å². The molecule has 0 fully saturated rings. The van der Waals surface area contributed by atoms with Gasteiger partial charge in [-0.3, -0.25) is 9.59 Å². The number of ether oxygens (including phenoxy) is 2. The number of hydrogen-bond acceptors (Lipinski definition) is 7. The normalized spacial score (nSPS) is 10.8. The smallest absolute Gasteiger partial charge is 0.227 e. The van der Waals surface area contributed by atoms with Crippen molar-refractivity contribution in [1.29, 1.82) is 5.26 Å². The Morgan fingerprint density at radius 3 is 1.72 bits per heavy atom. The van der Waals surface area contributed by atoms with Gasteiger partial charge in [0.15, 0.2) is 5.69 Å². The standard InChI is InChI=1S/C38H34N8O4/c1-40-28-9-15-32-34(19-28)46-36(44-32)21-38(48)42-24-26-6-12-30(13-7-26)50-17-3-2-16-49-29-10-4-25(5-11-29)23-41-37(47)20-35-43-31-14-8-27(22-39)18-33(31)45-35/h4-15,18-19H,2-3,16-17,20-21,23-24H2,(H,41,47)(H,42,48)(H,43,45)(H,44,46). The minimum atomic E-state index is -0.151. The van der Waals surface area contributed by atoms with Gasteiger partial charge < -0.3 is 30.1 Å². The van der Waals surface area contributed by atoms with E-state index in [4.69, 9.17) is 21.3 Å². The van der Waals surface area contributed by atoms with Crippen LogP contribution in [0.4, 0.5) is 5.69 Å². The lowest BCUT2D eigenvalue weighted by molar-refractivity contribution is -0.121. The molecule has 0 aliphatic carbocycles. The third-order valence-corrected chi connectivity index (χ3v) is 7.86. The van der Waals surface area contributed by atoms with E-state index in [9.17, 15) is 9.59 Å². The number of nitrogens with zero attached hydrogens (tertiary/aromatic N) is 4. The van der Waals surface area contributed by atoms with Crippen LogP contribution in [0.2, 0.25) is 0 Å². The number of fused-ring (bicyclic) bond motifs is 2. The Morgan fingerprint density at radius 1 is 0.720 bits per heavy atom. The van der Waals surface area contributed by atoms with Crippen molar-refractivity contribution in [3.63, 3.8) is 0 Å². The van der Waals surface area contributed by atoms with Crippen LogP contribution in [-0.4, -0.2) is 45.0 Å². The second kappa shape index (κ2) is 16.0. The molecule has 4 N–H and O–H groups in total. The van der Waals surface area contributed by atoms with Crippen LogP contribution < -0.4 is 20.1 Å². The van der Waals surface area contributed by atoms with E-state index in [0.717, 1.165) is 57.5 Å². The minimum absolute atomic E-state index is 0.118. The van der Waals surface area contributed by atoms with Gasteiger partial charge in [0, 0.05) is 13.1 Å². The molecule has 0 saturated heterocycles. The lowest BCUT2D eigenvalue weighted by Crippen LogP contribution is -2.24. The number of rotatable bonds is 15. The van der Waals surface area contributed by atoms with Gasteiger partial charge >= 0.3 is 0 Å². The summed E-state index contributed by atoms with van der Waals surface area (Å²) in [6, 6.07) is 27.7. The van der Waals surface area contributed by atoms with E-state index in [2.05, 4.69) is 41.5 Å². The number of nitrogens with one attached hydrogen (secondary N) is 4. The van der Waals surface area contributed by atoms with Crippen LogP contribution in [0.1, 0.15) is 41.2 Å². The van der Waals surface area contributed by atoms with Crippen molar-refractivity contribution in [2.75, 3.05) is 13.2 Å². The summed E-state index contributed by atoms with van der Waals surface area (Å²) in [7, 11) is 0. The Morgan fingerprint density at radius 2 is 1.22 bits per heavy atom. The summed E-state index contributed by atoms with van der Waals surface area (Å²) in [5, 5.41) is 14.9. The number of carbonyl (C=O) groups is 2. The van der Waals surface area contributed by atoms with Crippen molar-refractivity contribution in [2.45, 2.75) is 38.8 Å². The molecule has 4 aromatic carbocycles. The molecule has 0 unspecified atom stereocenters. The SMILES string of the molecule is [C-]#[N+]c1ccc2nc(CC(=O)NCc3ccc(OCCCCOc4ccc(CNC(=O)Cc5nc6ccc(C#N)cc6[nH]5)cc4)cc3)[nH]c2c1. The molecule has 0 saturated carbocycles. The van der Waals surface area contributed by atoms with Crippen LogP contribution in [0.15, 0.2) is 84.9 Å². The first-order valence-corrected chi connectivity index (χ1v) is 16.2. The Balaban J connectivity index is 0.828. The number of nitriles is 1. The molecule has 2 heterocycles. The molecule has 2 aromatic heterocycles. The summed E-state index contributed by atoms with van der Waals surface area (Å²) < 4.78 is 11.7. The van der Waals surface area contributed by atoms with E-state index in [0.29, 0.717) is 49.2 Å². The highest BCUT2D eigenvalue weighted by molar-refractivity contribution is 5.83. The summed E-state index contributed by atoms with van der Waals surface area (Å²) in [5.41, 5.74) is 5.89. The molecule has 50 heavy (non-hydrogen) atoms. The first-order valence-electron chi connectivity index (χ1n) is 16.2. The number of aromatic nitrogens is 4. The Hall–Kier alpha value is -6.66. The maximum absolute atomic E-state index is 12.4. The van der Waals surface area contributed by atoms with Crippen LogP contribution in [0, 0.1) is 17.9 Å². The molecule has 2 amide bonds. The van der Waals surface area contributed by atoms with Crippen molar-refractivity contribution in [2.24, 2.45) is 0 Å². The first kappa shape index (κ1) is 33.2. The number of H-pyrrole nitrogens is 2. The maximum atomic E-state index is 12.4. The van der Waals surface area contributed by atoms with Gasteiger partial charge in [0.05, 0.1) is 66.3 Å². The molecule has 0 aliphatic rings. The number of aromatic amines is 2. The highest BCUT2D eigenvalue weighted by Gasteiger charge is 2.11. The highest BCUT2D eigenvalue weighted by Crippen LogP contribution is 2.20. The van der Waals surface area contributed by atoms with Gasteiger partial charge in [-0.2, -0.15) is 5.26 Å². The largest absolute Gasteiger partial charge is 0.494 e. The average Bonchev–Trinajstić information content (AvgIpc) is 3.74. The van der Waals surface area contributed by atoms with Gasteiger partial charge in [-0.25, -0.2) is 14.8 Å². The fourth-order valence-electron chi connectivity index (χ4n) is 5.24. The summed E-state index contributed by atoms with van der Waals surface area (Å²) in [5.74, 6) is 2.33. The van der Waals surface area contributed by atoms with E-state index < -0.39 is 0 Å². The predicted octanol–water partition coefficient (Wildman–Crippen LogP) is 5.82. The Labute approximate surface area is 288 Å². The third-order valence-electron chi connectivity index (χ3n) is 7.86. The quantitative estimate of drug-likeness (QED) is 0.0793. The van der Waals surface area contributed by atoms with Gasteiger partial charge in [0.1, 0.15) is 23.1 Å². The zero-order valence-corrected chi connectivity index (χ0v) is 27.2. The molecule has 6 rings (SSSR count). The van der Waals surface area contributed by atoms with Crippen molar-refractivity contribution in [1.82, 2.24) is 30.6 Å². The second-order valence-corrected chi connectivity index (χ2v) is 11.6. The molecule has 6 aromatic rings. The fraction of sp³-hybridized carbons (Fsp3) is 0.211. The second-order valence-electron chi connectivity index (χ2n) is 11.6. The van der Waals surface area contributed by atoms with E-state index in [-0.39, 0.29) is 24.7 Å². The summed E-state index contributed by atoms with van der Waals surface area (Å²) in [4.78, 5) is 43.4. The monoisotopic (exact) mass is 666 g/mol. The van der Waals surface area contributed by atoms with Crippen LogP contribution in [-0.2, 0) is 35.5 Å². The summed E-state index contributed by atoms with van der Waals surface area (Å²) in [6.07, 6.45) is 1.89. The predicted molar refractivity (Wildman–Crippen MR) is 187 cm³/mol. The molecule has 12 heteroatoms. The van der Waals surface area contributed by atoms with Crippen LogP contribution >= 0.6 is 0 Å². The van der Waals surface area contributed by atoms with Gasteiger partial charge in [0.25, 0.3) is 0 Å². The molecular formula is C38H34N8O4. The molecule has 0 aliphatic heterocycles. The van der Waals surface area contributed by atoms with Gasteiger partial charge in [-0.1, -0.05) is 30.3 Å². The van der Waals surface area contributed by atoms with Crippen LogP contribution in [0.25, 0.3) is 26.9 Å². The summed E-state index contributed by atoms with van der Waals surface area (Å²) >= 11 is 0. The van der Waals surface area contributed by atoms with Crippen molar-refractivity contribution in [3.05, 3.63) is 125 Å². The molecular weight excluding hydrogens is 632 g/mol. The van der Waals surface area contributed by atoms with Crippen LogP contribution in [0.5, 0.6) is 11.5 Å². The van der Waals surface area contributed by atoms with Crippen LogP contribution in [0.3, 0.4) is 0 Å². The Kier molecular flexibility index (Phi) is 10.6. The lowest BCUT2D eigenvalue weighted by atomic mass is 10.2. The fourth-order valence-corrected chi connectivity index (χ4v) is 5.24. The molecule has 0 radical (unpaired) electrons. The third kappa shape index (κ3) is 9.02. The number of carbonyl (C=O) groups excluding carboxylic acids is 2. The zero-order chi connectivity index (χ0) is 34.7. The van der Waals surface area contributed by atoms with E-state index in [1.165, 1.54) is 0 Å². The minimum Gasteiger partial charge on any atom is -0.494 e. The number of benzene rings is 4. The average molecular weight is 667 g/mol. The van der Waals surface area contributed by atoms with Crippen molar-refractivity contribution >= 4 is 39.6 Å². The van der Waals surface area contributed by atoms with Gasteiger partial charge in [-0.05, 0) is 78.6 Å². The van der Waals surface area contributed by atoms with Crippen molar-refractivity contribution < 1.29 is 19.1 Å². The molecule has 0 spiro atoms. The number of imidazole rings is 2. The molecule has 0 bridgehead atoms. The zero-order valence-electron chi connectivity index (χ0n) is 27.2. The Bertz CT molecular complexity index is 2030.